The number of carbonyl (C=O) groups excluding carboxylic acids is 1. The lowest BCUT2D eigenvalue weighted by Crippen LogP contribution is -2.30. The van der Waals surface area contributed by atoms with E-state index in [1.54, 1.807) is 6.20 Å². The van der Waals surface area contributed by atoms with E-state index < -0.39 is 0 Å². The highest BCUT2D eigenvalue weighted by atomic mass is 16.2. The van der Waals surface area contributed by atoms with Gasteiger partial charge in [0.25, 0.3) is 0 Å². The second-order valence-electron chi connectivity index (χ2n) is 9.88. The van der Waals surface area contributed by atoms with Gasteiger partial charge in [-0.1, -0.05) is 6.07 Å². The number of H-pyrrole nitrogens is 2. The predicted molar refractivity (Wildman–Crippen MR) is 142 cm³/mol. The van der Waals surface area contributed by atoms with Crippen LogP contribution in [0.25, 0.3) is 44.3 Å². The van der Waals surface area contributed by atoms with E-state index in [1.807, 2.05) is 30.6 Å². The number of hydrogen-bond donors (Lipinski definition) is 3. The lowest BCUT2D eigenvalue weighted by atomic mass is 10.0. The van der Waals surface area contributed by atoms with Crippen molar-refractivity contribution in [1.82, 2.24) is 25.1 Å². The molecule has 0 unspecified atom stereocenters. The number of carbonyl (C=O) groups is 1. The molecule has 1 aromatic carbocycles. The molecule has 0 atom stereocenters. The Morgan fingerprint density at radius 2 is 1.83 bits per heavy atom. The molecule has 5 heterocycles. The van der Waals surface area contributed by atoms with Gasteiger partial charge in [0.2, 0.25) is 5.91 Å². The van der Waals surface area contributed by atoms with Crippen LogP contribution >= 0.6 is 0 Å². The van der Waals surface area contributed by atoms with Gasteiger partial charge in [-0.25, -0.2) is 4.98 Å². The lowest BCUT2D eigenvalue weighted by Gasteiger charge is -2.28. The molecule has 2 fully saturated rings. The summed E-state index contributed by atoms with van der Waals surface area (Å²) in [4.78, 5) is 27.3. The molecular formula is C28H27N7O. The Hall–Kier alpha value is -4.20. The molecule has 0 spiro atoms. The van der Waals surface area contributed by atoms with E-state index in [4.69, 9.17) is 4.98 Å². The summed E-state index contributed by atoms with van der Waals surface area (Å²) in [6.07, 6.45) is 11.1. The third-order valence-electron chi connectivity index (χ3n) is 7.29. The number of nitrogens with zero attached hydrogens (tertiary/aromatic N) is 4. The molecule has 5 aromatic rings. The highest BCUT2D eigenvalue weighted by Crippen LogP contribution is 2.35. The maximum atomic E-state index is 12.2. The van der Waals surface area contributed by atoms with Crippen LogP contribution in [0, 0.1) is 5.92 Å². The fourth-order valence-electron chi connectivity index (χ4n) is 5.18. The molecule has 7 rings (SSSR count). The SMILES string of the molecule is O=C(Nc1cncc(-c2ccc3[nH]nc(-c4cc5c(N6CCCCC6)nccc5[nH]4)c3c2)c1)C1CC1. The van der Waals surface area contributed by atoms with Crippen molar-refractivity contribution in [1.29, 1.82) is 0 Å². The first kappa shape index (κ1) is 21.1. The molecule has 4 aromatic heterocycles. The van der Waals surface area contributed by atoms with E-state index in [-0.39, 0.29) is 11.8 Å². The predicted octanol–water partition coefficient (Wildman–Crippen LogP) is 5.51. The topological polar surface area (TPSA) is 103 Å². The highest BCUT2D eigenvalue weighted by Gasteiger charge is 2.29. The molecule has 8 nitrogen and oxygen atoms in total. The number of pyridine rings is 2. The van der Waals surface area contributed by atoms with Crippen molar-refractivity contribution >= 4 is 39.2 Å². The largest absolute Gasteiger partial charge is 0.356 e. The van der Waals surface area contributed by atoms with Gasteiger partial charge in [-0.2, -0.15) is 5.10 Å². The second kappa shape index (κ2) is 8.48. The normalized spacial score (nSPS) is 16.1. The Kier molecular flexibility index (Phi) is 4.97. The molecule has 8 heteroatoms. The van der Waals surface area contributed by atoms with Crippen molar-refractivity contribution in [2.45, 2.75) is 32.1 Å². The van der Waals surface area contributed by atoms with Crippen LogP contribution in [-0.2, 0) is 4.79 Å². The molecule has 1 saturated carbocycles. The van der Waals surface area contributed by atoms with Crippen molar-refractivity contribution in [2.24, 2.45) is 5.92 Å². The summed E-state index contributed by atoms with van der Waals surface area (Å²) in [7, 11) is 0. The zero-order valence-electron chi connectivity index (χ0n) is 19.9. The number of hydrogen-bond acceptors (Lipinski definition) is 5. The number of anilines is 2. The van der Waals surface area contributed by atoms with Crippen molar-refractivity contribution < 1.29 is 4.79 Å². The monoisotopic (exact) mass is 477 g/mol. The number of fused-ring (bicyclic) bond motifs is 2. The molecular weight excluding hydrogens is 450 g/mol. The first-order valence-corrected chi connectivity index (χ1v) is 12.7. The van der Waals surface area contributed by atoms with Gasteiger partial charge in [-0.15, -0.1) is 0 Å². The fraction of sp³-hybridized carbons (Fsp3) is 0.286. The third kappa shape index (κ3) is 3.79. The van der Waals surface area contributed by atoms with Gasteiger partial charge in [0, 0.05) is 47.7 Å². The Labute approximate surface area is 208 Å². The lowest BCUT2D eigenvalue weighted by molar-refractivity contribution is -0.117. The molecule has 3 N–H and O–H groups in total. The maximum absolute atomic E-state index is 12.2. The van der Waals surface area contributed by atoms with E-state index >= 15 is 0 Å². The van der Waals surface area contributed by atoms with Gasteiger partial charge in [0.05, 0.1) is 28.6 Å². The first-order valence-electron chi connectivity index (χ1n) is 12.7. The minimum absolute atomic E-state index is 0.0822. The summed E-state index contributed by atoms with van der Waals surface area (Å²) >= 11 is 0. The minimum atomic E-state index is 0.0822. The number of nitrogens with one attached hydrogen (secondary N) is 3. The van der Waals surface area contributed by atoms with Gasteiger partial charge in [0.1, 0.15) is 11.5 Å². The van der Waals surface area contributed by atoms with Crippen LogP contribution in [0.4, 0.5) is 11.5 Å². The van der Waals surface area contributed by atoms with E-state index in [0.717, 1.165) is 81.8 Å². The molecule has 1 aliphatic heterocycles. The number of benzene rings is 1. The van der Waals surface area contributed by atoms with Gasteiger partial charge in [0.15, 0.2) is 0 Å². The summed E-state index contributed by atoms with van der Waals surface area (Å²) in [6, 6.07) is 12.4. The Bertz CT molecular complexity index is 1590. The van der Waals surface area contributed by atoms with Gasteiger partial charge < -0.3 is 15.2 Å². The first-order chi connectivity index (χ1) is 17.7. The number of aromatic nitrogens is 5. The zero-order valence-corrected chi connectivity index (χ0v) is 19.9. The van der Waals surface area contributed by atoms with Crippen LogP contribution in [0.3, 0.4) is 0 Å². The van der Waals surface area contributed by atoms with Crippen LogP contribution in [0.5, 0.6) is 0 Å². The smallest absolute Gasteiger partial charge is 0.227 e. The van der Waals surface area contributed by atoms with E-state index in [1.165, 1.54) is 19.3 Å². The van der Waals surface area contributed by atoms with Crippen molar-refractivity contribution in [3.05, 3.63) is 55.0 Å². The van der Waals surface area contributed by atoms with E-state index in [0.29, 0.717) is 0 Å². The van der Waals surface area contributed by atoms with Crippen molar-refractivity contribution in [3.8, 4) is 22.5 Å². The van der Waals surface area contributed by atoms with Gasteiger partial charge >= 0.3 is 0 Å². The van der Waals surface area contributed by atoms with Crippen LogP contribution in [0.1, 0.15) is 32.1 Å². The van der Waals surface area contributed by atoms with Crippen LogP contribution < -0.4 is 10.2 Å². The van der Waals surface area contributed by atoms with Crippen molar-refractivity contribution in [3.63, 3.8) is 0 Å². The zero-order chi connectivity index (χ0) is 24.1. The average Bonchev–Trinajstić information content (AvgIpc) is 3.55. The maximum Gasteiger partial charge on any atom is 0.227 e. The Balaban J connectivity index is 1.25. The quantitative estimate of drug-likeness (QED) is 0.310. The molecule has 2 aliphatic rings. The standard InChI is InChI=1S/C28H27N7O/c36-28(17-4-5-17)31-20-12-19(15-29-16-20)18-6-7-24-21(13-18)26(34-33-24)25-14-22-23(32-25)8-9-30-27(22)35-10-2-1-3-11-35/h6-9,12-17,32H,1-5,10-11H2,(H,31,36)(H,33,34). The number of aromatic amines is 2. The van der Waals surface area contributed by atoms with Gasteiger partial charge in [-0.05, 0) is 68.0 Å². The number of amides is 1. The summed E-state index contributed by atoms with van der Waals surface area (Å²) in [6.45, 7) is 2.10. The van der Waals surface area contributed by atoms with E-state index in [9.17, 15) is 4.79 Å². The average molecular weight is 478 g/mol. The molecule has 0 radical (unpaired) electrons. The molecule has 1 aliphatic carbocycles. The Morgan fingerprint density at radius 1 is 0.944 bits per heavy atom. The number of rotatable bonds is 5. The summed E-state index contributed by atoms with van der Waals surface area (Å²) in [5.41, 5.74) is 6.56. The van der Waals surface area contributed by atoms with Crippen LogP contribution in [0.2, 0.25) is 0 Å². The van der Waals surface area contributed by atoms with Crippen molar-refractivity contribution in [2.75, 3.05) is 23.3 Å². The molecule has 36 heavy (non-hydrogen) atoms. The summed E-state index contributed by atoms with van der Waals surface area (Å²) < 4.78 is 0. The molecule has 180 valence electrons. The molecule has 0 bridgehead atoms. The molecule has 1 saturated heterocycles. The minimum Gasteiger partial charge on any atom is -0.356 e. The van der Waals surface area contributed by atoms with Crippen LogP contribution in [-0.4, -0.2) is 44.1 Å². The number of piperidine rings is 1. The van der Waals surface area contributed by atoms with E-state index in [2.05, 4.69) is 48.6 Å². The summed E-state index contributed by atoms with van der Waals surface area (Å²) in [5.74, 6) is 1.28. The molecule has 1 amide bonds. The highest BCUT2D eigenvalue weighted by molar-refractivity contribution is 6.00. The Morgan fingerprint density at radius 3 is 2.69 bits per heavy atom. The second-order valence-corrected chi connectivity index (χ2v) is 9.88. The summed E-state index contributed by atoms with van der Waals surface area (Å²) in [5, 5.41) is 13.0. The fourth-order valence-corrected chi connectivity index (χ4v) is 5.18. The van der Waals surface area contributed by atoms with Gasteiger partial charge in [-0.3, -0.25) is 14.9 Å². The third-order valence-corrected chi connectivity index (χ3v) is 7.29. The van der Waals surface area contributed by atoms with Crippen LogP contribution in [0.15, 0.2) is 55.0 Å².